The third kappa shape index (κ3) is 1.22. The van der Waals surface area contributed by atoms with Gasteiger partial charge in [-0.1, -0.05) is 5.21 Å². The minimum atomic E-state index is -0.352. The minimum absolute atomic E-state index is 0.352. The van der Waals surface area contributed by atoms with Gasteiger partial charge in [0, 0.05) is 6.54 Å². The monoisotopic (exact) mass is 205 g/mol. The fourth-order valence-electron chi connectivity index (χ4n) is 1.76. The van der Waals surface area contributed by atoms with Gasteiger partial charge in [0.25, 0.3) is 0 Å². The number of anilines is 1. The molecule has 2 aromatic heterocycles. The Morgan fingerprint density at radius 3 is 3.33 bits per heavy atom. The molecule has 0 aliphatic carbocycles. The number of rotatable bonds is 2. The lowest BCUT2D eigenvalue weighted by Crippen LogP contribution is -2.13. The molecular formula is C9H11N5O. The van der Waals surface area contributed by atoms with Crippen LogP contribution >= 0.6 is 0 Å². The Balaban J connectivity index is 1.99. The summed E-state index contributed by atoms with van der Waals surface area (Å²) in [4.78, 5) is 0. The van der Waals surface area contributed by atoms with E-state index in [9.17, 15) is 0 Å². The predicted molar refractivity (Wildman–Crippen MR) is 53.3 cm³/mol. The van der Waals surface area contributed by atoms with Gasteiger partial charge in [-0.3, -0.25) is 0 Å². The molecule has 0 bridgehead atoms. The van der Waals surface area contributed by atoms with Crippen molar-refractivity contribution in [1.29, 1.82) is 0 Å². The maximum absolute atomic E-state index is 6.03. The van der Waals surface area contributed by atoms with Gasteiger partial charge in [-0.2, -0.15) is 0 Å². The molecule has 0 fully saturated rings. The third-order valence-electron chi connectivity index (χ3n) is 2.52. The second-order valence-electron chi connectivity index (χ2n) is 3.47. The minimum Gasteiger partial charge on any atom is -0.467 e. The third-order valence-corrected chi connectivity index (χ3v) is 2.52. The lowest BCUT2D eigenvalue weighted by molar-refractivity contribution is 0.486. The highest BCUT2D eigenvalue weighted by atomic mass is 16.3. The second kappa shape index (κ2) is 3.09. The van der Waals surface area contributed by atoms with E-state index in [1.807, 2.05) is 16.8 Å². The van der Waals surface area contributed by atoms with Crippen molar-refractivity contribution in [3.63, 3.8) is 0 Å². The van der Waals surface area contributed by atoms with Gasteiger partial charge in [-0.15, -0.1) is 5.10 Å². The average Bonchev–Trinajstić information content (AvgIpc) is 2.94. The van der Waals surface area contributed by atoms with Crippen molar-refractivity contribution in [1.82, 2.24) is 15.0 Å². The van der Waals surface area contributed by atoms with Crippen LogP contribution in [-0.2, 0) is 6.54 Å². The SMILES string of the molecule is NC(c1ccco1)c1nnn2c1NCC2. The molecule has 2 aromatic rings. The van der Waals surface area contributed by atoms with Crippen molar-refractivity contribution < 1.29 is 4.42 Å². The largest absolute Gasteiger partial charge is 0.467 e. The molecule has 0 spiro atoms. The average molecular weight is 205 g/mol. The molecular weight excluding hydrogens is 194 g/mol. The molecule has 0 aromatic carbocycles. The Morgan fingerprint density at radius 2 is 2.53 bits per heavy atom. The molecule has 0 saturated carbocycles. The lowest BCUT2D eigenvalue weighted by atomic mass is 10.2. The van der Waals surface area contributed by atoms with Gasteiger partial charge in [-0.05, 0) is 12.1 Å². The maximum Gasteiger partial charge on any atom is 0.150 e. The standard InChI is InChI=1S/C9H11N5O/c10-7(6-2-1-5-15-6)8-9-11-3-4-14(9)13-12-8/h1-2,5,7,11H,3-4,10H2. The summed E-state index contributed by atoms with van der Waals surface area (Å²) in [5.74, 6) is 1.60. The van der Waals surface area contributed by atoms with Crippen molar-refractivity contribution in [2.24, 2.45) is 5.73 Å². The predicted octanol–water partition coefficient (Wildman–Crippen LogP) is 0.345. The van der Waals surface area contributed by atoms with E-state index < -0.39 is 0 Å². The summed E-state index contributed by atoms with van der Waals surface area (Å²) in [5.41, 5.74) is 6.77. The number of fused-ring (bicyclic) bond motifs is 1. The molecule has 1 atom stereocenters. The lowest BCUT2D eigenvalue weighted by Gasteiger charge is -2.06. The highest BCUT2D eigenvalue weighted by Crippen LogP contribution is 2.26. The summed E-state index contributed by atoms with van der Waals surface area (Å²) < 4.78 is 7.07. The first-order chi connectivity index (χ1) is 7.36. The Kier molecular flexibility index (Phi) is 1.75. The summed E-state index contributed by atoms with van der Waals surface area (Å²) in [6, 6.07) is 3.30. The van der Waals surface area contributed by atoms with Crippen LogP contribution in [0.3, 0.4) is 0 Å². The van der Waals surface area contributed by atoms with Gasteiger partial charge < -0.3 is 15.5 Å². The smallest absolute Gasteiger partial charge is 0.150 e. The molecule has 78 valence electrons. The quantitative estimate of drug-likeness (QED) is 0.739. The van der Waals surface area contributed by atoms with E-state index in [1.54, 1.807) is 6.26 Å². The molecule has 6 nitrogen and oxygen atoms in total. The second-order valence-corrected chi connectivity index (χ2v) is 3.47. The normalized spacial score (nSPS) is 16.1. The van der Waals surface area contributed by atoms with Crippen LogP contribution < -0.4 is 11.1 Å². The molecule has 3 heterocycles. The molecule has 15 heavy (non-hydrogen) atoms. The highest BCUT2D eigenvalue weighted by Gasteiger charge is 2.24. The first kappa shape index (κ1) is 8.49. The van der Waals surface area contributed by atoms with Crippen LogP contribution in [0.25, 0.3) is 0 Å². The Morgan fingerprint density at radius 1 is 1.60 bits per heavy atom. The maximum atomic E-state index is 6.03. The molecule has 3 N–H and O–H groups in total. The van der Waals surface area contributed by atoms with Crippen LogP contribution in [0.4, 0.5) is 5.82 Å². The van der Waals surface area contributed by atoms with E-state index >= 15 is 0 Å². The summed E-state index contributed by atoms with van der Waals surface area (Å²) in [6.07, 6.45) is 1.60. The molecule has 1 aliphatic heterocycles. The van der Waals surface area contributed by atoms with Gasteiger partial charge in [0.2, 0.25) is 0 Å². The van der Waals surface area contributed by atoms with Crippen molar-refractivity contribution in [3.8, 4) is 0 Å². The number of nitrogens with two attached hydrogens (primary N) is 1. The van der Waals surface area contributed by atoms with Gasteiger partial charge in [0.05, 0.1) is 12.8 Å². The zero-order chi connectivity index (χ0) is 10.3. The molecule has 3 rings (SSSR count). The van der Waals surface area contributed by atoms with E-state index in [0.717, 1.165) is 24.6 Å². The first-order valence-corrected chi connectivity index (χ1v) is 4.82. The molecule has 0 saturated heterocycles. The summed E-state index contributed by atoms with van der Waals surface area (Å²) >= 11 is 0. The summed E-state index contributed by atoms with van der Waals surface area (Å²) in [5, 5.41) is 11.3. The van der Waals surface area contributed by atoms with Crippen LogP contribution in [-0.4, -0.2) is 21.5 Å². The number of hydrogen-bond acceptors (Lipinski definition) is 5. The molecule has 0 amide bonds. The van der Waals surface area contributed by atoms with Gasteiger partial charge >= 0.3 is 0 Å². The fraction of sp³-hybridized carbons (Fsp3) is 0.333. The molecule has 1 unspecified atom stereocenters. The van der Waals surface area contributed by atoms with Crippen molar-refractivity contribution >= 4 is 5.82 Å². The van der Waals surface area contributed by atoms with Crippen molar-refractivity contribution in [2.45, 2.75) is 12.6 Å². The highest BCUT2D eigenvalue weighted by molar-refractivity contribution is 5.46. The van der Waals surface area contributed by atoms with Crippen LogP contribution in [0.5, 0.6) is 0 Å². The Hall–Kier alpha value is -1.82. The van der Waals surface area contributed by atoms with E-state index in [1.165, 1.54) is 0 Å². The fourth-order valence-corrected chi connectivity index (χ4v) is 1.76. The van der Waals surface area contributed by atoms with E-state index in [0.29, 0.717) is 5.76 Å². The van der Waals surface area contributed by atoms with Crippen molar-refractivity contribution in [2.75, 3.05) is 11.9 Å². The van der Waals surface area contributed by atoms with Crippen LogP contribution in [0.2, 0.25) is 0 Å². The Labute approximate surface area is 86.1 Å². The first-order valence-electron chi connectivity index (χ1n) is 4.82. The molecule has 1 aliphatic rings. The number of hydrogen-bond donors (Lipinski definition) is 2. The van der Waals surface area contributed by atoms with Crippen LogP contribution in [0, 0.1) is 0 Å². The summed E-state index contributed by atoms with van der Waals surface area (Å²) in [7, 11) is 0. The molecule has 0 radical (unpaired) electrons. The molecule has 6 heteroatoms. The number of furan rings is 1. The number of nitrogens with one attached hydrogen (secondary N) is 1. The topological polar surface area (TPSA) is 81.9 Å². The van der Waals surface area contributed by atoms with Crippen LogP contribution in [0.15, 0.2) is 22.8 Å². The zero-order valence-corrected chi connectivity index (χ0v) is 8.05. The Bertz CT molecular complexity index is 461. The van der Waals surface area contributed by atoms with Crippen molar-refractivity contribution in [3.05, 3.63) is 29.9 Å². The van der Waals surface area contributed by atoms with Gasteiger partial charge in [0.1, 0.15) is 23.3 Å². The number of aromatic nitrogens is 3. The zero-order valence-electron chi connectivity index (χ0n) is 8.05. The van der Waals surface area contributed by atoms with E-state index in [4.69, 9.17) is 10.2 Å². The van der Waals surface area contributed by atoms with Gasteiger partial charge in [0.15, 0.2) is 0 Å². The van der Waals surface area contributed by atoms with E-state index in [2.05, 4.69) is 15.6 Å². The van der Waals surface area contributed by atoms with E-state index in [-0.39, 0.29) is 6.04 Å². The number of nitrogens with zero attached hydrogens (tertiary/aromatic N) is 3. The summed E-state index contributed by atoms with van der Waals surface area (Å²) in [6.45, 7) is 1.72. The van der Waals surface area contributed by atoms with Crippen LogP contribution in [0.1, 0.15) is 17.5 Å². The van der Waals surface area contributed by atoms with Gasteiger partial charge in [-0.25, -0.2) is 4.68 Å².